The number of ether oxygens (including phenoxy) is 1. The maximum atomic E-state index is 10.7. The number of aliphatic hydroxyl groups is 1. The number of hydrogen-bond donors (Lipinski definition) is 4. The SMILES string of the molecule is CC[C@@H]1C(O)CC(c2ccncc2NC)OC1C.Cc1[nH]ncc1-c1ccc(N)c(C=O)n1. The summed E-state index contributed by atoms with van der Waals surface area (Å²) in [5, 5.41) is 20.0. The number of nitrogen functional groups attached to an aromatic ring is 1. The van der Waals surface area contributed by atoms with Crippen LogP contribution in [0.2, 0.25) is 0 Å². The maximum Gasteiger partial charge on any atom is 0.170 e. The van der Waals surface area contributed by atoms with Gasteiger partial charge >= 0.3 is 0 Å². The molecule has 1 saturated heterocycles. The van der Waals surface area contributed by atoms with E-state index >= 15 is 0 Å². The van der Waals surface area contributed by atoms with E-state index in [1.54, 1.807) is 30.7 Å². The van der Waals surface area contributed by atoms with Gasteiger partial charge in [0.15, 0.2) is 6.29 Å². The number of hydrogen-bond acceptors (Lipinski definition) is 8. The Hall–Kier alpha value is -3.30. The van der Waals surface area contributed by atoms with E-state index in [0.717, 1.165) is 28.9 Å². The van der Waals surface area contributed by atoms with Gasteiger partial charge in [-0.2, -0.15) is 5.10 Å². The third-order valence-electron chi connectivity index (χ3n) is 6.05. The number of H-pyrrole nitrogens is 1. The van der Waals surface area contributed by atoms with Crippen LogP contribution in [0.3, 0.4) is 0 Å². The number of aldehydes is 1. The summed E-state index contributed by atoms with van der Waals surface area (Å²) in [4.78, 5) is 18.9. The average molecular weight is 453 g/mol. The van der Waals surface area contributed by atoms with Crippen LogP contribution in [0.4, 0.5) is 11.4 Å². The second-order valence-electron chi connectivity index (χ2n) is 8.12. The van der Waals surface area contributed by atoms with Crippen LogP contribution < -0.4 is 11.1 Å². The second kappa shape index (κ2) is 11.0. The summed E-state index contributed by atoms with van der Waals surface area (Å²) >= 11 is 0. The van der Waals surface area contributed by atoms with Crippen LogP contribution in [0.15, 0.2) is 36.8 Å². The molecule has 176 valence electrons. The number of aromatic amines is 1. The van der Waals surface area contributed by atoms with Gasteiger partial charge in [-0.25, -0.2) is 4.98 Å². The first kappa shape index (κ1) is 24.3. The molecule has 0 bridgehead atoms. The molecule has 3 unspecified atom stereocenters. The lowest BCUT2D eigenvalue weighted by molar-refractivity contribution is -0.131. The number of aliphatic hydroxyl groups excluding tert-OH is 1. The highest BCUT2D eigenvalue weighted by Gasteiger charge is 2.35. The normalized spacial score (nSPS) is 22.2. The predicted molar refractivity (Wildman–Crippen MR) is 128 cm³/mol. The van der Waals surface area contributed by atoms with Crippen molar-refractivity contribution in [1.82, 2.24) is 20.2 Å². The summed E-state index contributed by atoms with van der Waals surface area (Å²) in [7, 11) is 1.87. The minimum Gasteiger partial charge on any atom is -0.397 e. The molecule has 3 aromatic heterocycles. The molecular weight excluding hydrogens is 420 g/mol. The first-order valence-corrected chi connectivity index (χ1v) is 11.1. The average Bonchev–Trinajstić information content (AvgIpc) is 3.25. The Labute approximate surface area is 193 Å². The third-order valence-corrected chi connectivity index (χ3v) is 6.05. The highest BCUT2D eigenvalue weighted by Crippen LogP contribution is 2.38. The van der Waals surface area contributed by atoms with Gasteiger partial charge < -0.3 is 20.9 Å². The smallest absolute Gasteiger partial charge is 0.170 e. The lowest BCUT2D eigenvalue weighted by atomic mass is 9.85. The fourth-order valence-corrected chi connectivity index (χ4v) is 4.16. The Morgan fingerprint density at radius 1 is 1.33 bits per heavy atom. The van der Waals surface area contributed by atoms with E-state index in [1.807, 2.05) is 27.0 Å². The van der Waals surface area contributed by atoms with Gasteiger partial charge in [0.1, 0.15) is 5.69 Å². The number of nitrogens with one attached hydrogen (secondary N) is 2. The molecule has 0 amide bonds. The number of carbonyl (C=O) groups excluding carboxylic acids is 1. The summed E-state index contributed by atoms with van der Waals surface area (Å²) in [6.07, 6.45) is 7.22. The zero-order valence-electron chi connectivity index (χ0n) is 19.4. The lowest BCUT2D eigenvalue weighted by Gasteiger charge is -2.38. The Bertz CT molecular complexity index is 1060. The summed E-state index contributed by atoms with van der Waals surface area (Å²) in [6.45, 7) is 6.03. The molecule has 1 aliphatic rings. The Kier molecular flexibility index (Phi) is 8.13. The fourth-order valence-electron chi connectivity index (χ4n) is 4.16. The molecule has 4 rings (SSSR count). The van der Waals surface area contributed by atoms with Crippen molar-refractivity contribution in [2.45, 2.75) is 51.9 Å². The molecule has 4 atom stereocenters. The van der Waals surface area contributed by atoms with E-state index in [9.17, 15) is 9.90 Å². The van der Waals surface area contributed by atoms with Crippen molar-refractivity contribution in [1.29, 1.82) is 0 Å². The summed E-state index contributed by atoms with van der Waals surface area (Å²) in [5.74, 6) is 0.237. The largest absolute Gasteiger partial charge is 0.397 e. The van der Waals surface area contributed by atoms with E-state index in [2.05, 4.69) is 32.4 Å². The second-order valence-corrected chi connectivity index (χ2v) is 8.12. The Morgan fingerprint density at radius 3 is 2.73 bits per heavy atom. The number of rotatable bonds is 5. The summed E-state index contributed by atoms with van der Waals surface area (Å²) in [6, 6.07) is 5.39. The van der Waals surface area contributed by atoms with E-state index in [1.165, 1.54) is 0 Å². The minimum absolute atomic E-state index is 0.0525. The summed E-state index contributed by atoms with van der Waals surface area (Å²) in [5.41, 5.74) is 10.7. The van der Waals surface area contributed by atoms with Gasteiger partial charge in [0, 0.05) is 42.4 Å². The number of anilines is 2. The van der Waals surface area contributed by atoms with Crippen molar-refractivity contribution in [2.75, 3.05) is 18.1 Å². The third kappa shape index (κ3) is 5.55. The van der Waals surface area contributed by atoms with Crippen molar-refractivity contribution >= 4 is 17.7 Å². The zero-order valence-corrected chi connectivity index (χ0v) is 19.4. The number of aromatic nitrogens is 4. The van der Waals surface area contributed by atoms with Crippen molar-refractivity contribution < 1.29 is 14.6 Å². The van der Waals surface area contributed by atoms with E-state index < -0.39 is 0 Å². The zero-order chi connectivity index (χ0) is 24.0. The van der Waals surface area contributed by atoms with Crippen molar-refractivity contribution in [3.63, 3.8) is 0 Å². The van der Waals surface area contributed by atoms with E-state index in [4.69, 9.17) is 10.5 Å². The quantitative estimate of drug-likeness (QED) is 0.431. The first-order valence-electron chi connectivity index (χ1n) is 11.1. The molecule has 3 aromatic rings. The van der Waals surface area contributed by atoms with Crippen molar-refractivity contribution in [3.05, 3.63) is 53.7 Å². The number of pyridine rings is 2. The molecule has 0 aromatic carbocycles. The molecule has 9 nitrogen and oxygen atoms in total. The Morgan fingerprint density at radius 2 is 2.12 bits per heavy atom. The van der Waals surface area contributed by atoms with Gasteiger partial charge in [0.25, 0.3) is 0 Å². The van der Waals surface area contributed by atoms with Crippen LogP contribution in [-0.2, 0) is 4.74 Å². The minimum atomic E-state index is -0.290. The monoisotopic (exact) mass is 452 g/mol. The van der Waals surface area contributed by atoms with Gasteiger partial charge in [-0.1, -0.05) is 6.92 Å². The highest BCUT2D eigenvalue weighted by atomic mass is 16.5. The topological polar surface area (TPSA) is 139 Å². The van der Waals surface area contributed by atoms with Crippen LogP contribution in [0, 0.1) is 12.8 Å². The predicted octanol–water partition coefficient (Wildman–Crippen LogP) is 3.54. The van der Waals surface area contributed by atoms with Crippen LogP contribution in [0.1, 0.15) is 54.5 Å². The van der Waals surface area contributed by atoms with Gasteiger partial charge in [-0.15, -0.1) is 0 Å². The molecule has 9 heteroatoms. The van der Waals surface area contributed by atoms with E-state index in [0.29, 0.717) is 24.1 Å². The molecule has 0 aliphatic carbocycles. The number of aryl methyl sites for hydroxylation is 1. The van der Waals surface area contributed by atoms with Gasteiger partial charge in [0.2, 0.25) is 0 Å². The van der Waals surface area contributed by atoms with Crippen LogP contribution in [0.25, 0.3) is 11.3 Å². The standard InChI is InChI=1S/C14H22N2O2.C10H10N4O/c1-4-10-9(2)18-14(7-13(10)17)11-5-6-16-8-12(11)15-3;1-6-7(4-12-14-6)9-3-2-8(11)10(5-15)13-9/h5-6,8-10,13-15,17H,4,7H2,1-3H3;2-5H,11H2,1H3,(H,12,14)/t9?,10-,13?,14?;/m0./s1. The molecule has 5 N–H and O–H groups in total. The highest BCUT2D eigenvalue weighted by molar-refractivity contribution is 5.82. The maximum absolute atomic E-state index is 10.7. The molecule has 4 heterocycles. The molecule has 1 fully saturated rings. The van der Waals surface area contributed by atoms with Crippen LogP contribution in [-0.4, -0.2) is 50.8 Å². The molecular formula is C24H32N6O3. The molecule has 0 saturated carbocycles. The van der Waals surface area contributed by atoms with Crippen LogP contribution in [0.5, 0.6) is 0 Å². The van der Waals surface area contributed by atoms with Gasteiger partial charge in [-0.3, -0.25) is 14.9 Å². The van der Waals surface area contributed by atoms with Gasteiger partial charge in [0.05, 0.1) is 47.8 Å². The first-order chi connectivity index (χ1) is 15.9. The summed E-state index contributed by atoms with van der Waals surface area (Å²) < 4.78 is 6.06. The van der Waals surface area contributed by atoms with Crippen molar-refractivity contribution in [2.24, 2.45) is 5.92 Å². The van der Waals surface area contributed by atoms with Gasteiger partial charge in [-0.05, 0) is 38.5 Å². The van der Waals surface area contributed by atoms with Crippen LogP contribution >= 0.6 is 0 Å². The molecule has 33 heavy (non-hydrogen) atoms. The molecule has 0 radical (unpaired) electrons. The molecule has 0 spiro atoms. The lowest BCUT2D eigenvalue weighted by Crippen LogP contribution is -2.39. The fraction of sp³-hybridized carbons (Fsp3) is 0.417. The number of carbonyl (C=O) groups is 1. The molecule has 1 aliphatic heterocycles. The Balaban J connectivity index is 0.000000189. The number of nitrogens with zero attached hydrogens (tertiary/aromatic N) is 3. The number of nitrogens with two attached hydrogens (primary N) is 1. The van der Waals surface area contributed by atoms with E-state index in [-0.39, 0.29) is 29.9 Å². The van der Waals surface area contributed by atoms with Crippen molar-refractivity contribution in [3.8, 4) is 11.3 Å².